The van der Waals surface area contributed by atoms with Crippen molar-refractivity contribution in [2.24, 2.45) is 0 Å². The van der Waals surface area contributed by atoms with Gasteiger partial charge in [0.15, 0.2) is 0 Å². The van der Waals surface area contributed by atoms with Crippen LogP contribution in [0.5, 0.6) is 11.5 Å². The van der Waals surface area contributed by atoms with Crippen LogP contribution >= 0.6 is 15.9 Å². The zero-order chi connectivity index (χ0) is 23.7. The fourth-order valence-electron chi connectivity index (χ4n) is 4.41. The van der Waals surface area contributed by atoms with Gasteiger partial charge in [0, 0.05) is 24.8 Å². The lowest BCUT2D eigenvalue weighted by Gasteiger charge is -2.32. The van der Waals surface area contributed by atoms with Crippen molar-refractivity contribution in [3.05, 3.63) is 77.9 Å². The van der Waals surface area contributed by atoms with Crippen LogP contribution in [0.15, 0.2) is 77.9 Å². The number of likely N-dealkylation sites (tertiary alicyclic amines) is 1. The van der Waals surface area contributed by atoms with E-state index in [1.165, 1.54) is 6.08 Å². The second-order valence-electron chi connectivity index (χ2n) is 8.23. The minimum atomic E-state index is -0.0596. The number of benzene rings is 2. The maximum absolute atomic E-state index is 12.2. The van der Waals surface area contributed by atoms with Crippen molar-refractivity contribution in [1.82, 2.24) is 19.7 Å². The lowest BCUT2D eigenvalue weighted by molar-refractivity contribution is -0.127. The van der Waals surface area contributed by atoms with Gasteiger partial charge in [-0.3, -0.25) is 9.48 Å². The van der Waals surface area contributed by atoms with E-state index in [0.29, 0.717) is 12.4 Å². The third-order valence-electron chi connectivity index (χ3n) is 6.05. The Hall–Kier alpha value is -3.65. The second kappa shape index (κ2) is 9.30. The molecule has 0 radical (unpaired) electrons. The summed E-state index contributed by atoms with van der Waals surface area (Å²) in [5, 5.41) is 5.79. The van der Waals surface area contributed by atoms with Crippen molar-refractivity contribution in [3.63, 3.8) is 0 Å². The van der Waals surface area contributed by atoms with Crippen LogP contribution < -0.4 is 10.5 Å². The maximum atomic E-state index is 12.2. The number of nitrogens with two attached hydrogens (primary N) is 1. The molecule has 0 bridgehead atoms. The van der Waals surface area contributed by atoms with Crippen LogP contribution in [0.4, 0.5) is 5.82 Å². The number of halogens is 1. The molecule has 3 heterocycles. The molecule has 1 saturated heterocycles. The van der Waals surface area contributed by atoms with Gasteiger partial charge < -0.3 is 15.4 Å². The van der Waals surface area contributed by atoms with Gasteiger partial charge in [0.1, 0.15) is 23.0 Å². The zero-order valence-corrected chi connectivity index (χ0v) is 20.1. The highest BCUT2D eigenvalue weighted by molar-refractivity contribution is 9.10. The Morgan fingerprint density at radius 2 is 1.88 bits per heavy atom. The predicted molar refractivity (Wildman–Crippen MR) is 137 cm³/mol. The first-order chi connectivity index (χ1) is 16.5. The number of carbonyl (C=O) groups excluding carboxylic acids is 1. The number of ether oxygens (including phenoxy) is 1. The van der Waals surface area contributed by atoms with Gasteiger partial charge in [-0.2, -0.15) is 5.10 Å². The molecule has 0 spiro atoms. The SMILES string of the molecule is C=CC(=O)N1CCCC(n2nc(-c3ccc(Oc4ccccc4)cc3)c3c(N)ncc(Br)c32)C1. The van der Waals surface area contributed by atoms with Crippen molar-refractivity contribution < 1.29 is 9.53 Å². The molecular weight excluding hydrogens is 494 g/mol. The van der Waals surface area contributed by atoms with Crippen LogP contribution in [0.2, 0.25) is 0 Å². The zero-order valence-electron chi connectivity index (χ0n) is 18.5. The number of fused-ring (bicyclic) bond motifs is 1. The van der Waals surface area contributed by atoms with Gasteiger partial charge in [0.25, 0.3) is 0 Å². The Balaban J connectivity index is 1.54. The summed E-state index contributed by atoms with van der Waals surface area (Å²) in [5.74, 6) is 1.87. The van der Waals surface area contributed by atoms with E-state index in [9.17, 15) is 4.79 Å². The van der Waals surface area contributed by atoms with E-state index in [0.717, 1.165) is 57.5 Å². The van der Waals surface area contributed by atoms with Gasteiger partial charge in [0.2, 0.25) is 5.91 Å². The molecule has 8 heteroatoms. The van der Waals surface area contributed by atoms with E-state index in [4.69, 9.17) is 15.6 Å². The van der Waals surface area contributed by atoms with Crippen molar-refractivity contribution >= 4 is 38.6 Å². The van der Waals surface area contributed by atoms with Gasteiger partial charge in [-0.05, 0) is 71.2 Å². The number of amides is 1. The molecule has 34 heavy (non-hydrogen) atoms. The van der Waals surface area contributed by atoms with Crippen molar-refractivity contribution in [3.8, 4) is 22.8 Å². The van der Waals surface area contributed by atoms with Crippen molar-refractivity contribution in [1.29, 1.82) is 0 Å². The molecule has 0 saturated carbocycles. The Kier molecular flexibility index (Phi) is 6.06. The van der Waals surface area contributed by atoms with Gasteiger partial charge in [-0.1, -0.05) is 24.8 Å². The summed E-state index contributed by atoms with van der Waals surface area (Å²) in [6, 6.07) is 17.4. The molecule has 1 atom stereocenters. The number of nitrogens with zero attached hydrogens (tertiary/aromatic N) is 4. The quantitative estimate of drug-likeness (QED) is 0.349. The molecule has 2 aromatic carbocycles. The van der Waals surface area contributed by atoms with E-state index in [-0.39, 0.29) is 11.9 Å². The number of carbonyl (C=O) groups is 1. The Morgan fingerprint density at radius 1 is 1.15 bits per heavy atom. The summed E-state index contributed by atoms with van der Waals surface area (Å²) in [5.41, 5.74) is 8.88. The molecule has 172 valence electrons. The number of pyridine rings is 1. The number of aromatic nitrogens is 3. The smallest absolute Gasteiger partial charge is 0.246 e. The lowest BCUT2D eigenvalue weighted by atomic mass is 10.1. The van der Waals surface area contributed by atoms with Gasteiger partial charge >= 0.3 is 0 Å². The second-order valence-corrected chi connectivity index (χ2v) is 9.09. The number of anilines is 1. The molecule has 2 N–H and O–H groups in total. The third-order valence-corrected chi connectivity index (χ3v) is 6.63. The topological polar surface area (TPSA) is 86.3 Å². The standard InChI is InChI=1S/C26H24BrN5O2/c1-2-22(33)31-14-6-7-18(16-31)32-25-21(27)15-29-26(28)23(25)24(30-32)17-10-12-20(13-11-17)34-19-8-4-3-5-9-19/h2-5,8-13,15,18H,1,6-7,14,16H2,(H2,28,29). The number of nitrogen functional groups attached to an aromatic ring is 1. The normalized spacial score (nSPS) is 15.9. The molecule has 5 rings (SSSR count). The van der Waals surface area contributed by atoms with Crippen molar-refractivity contribution in [2.45, 2.75) is 18.9 Å². The predicted octanol–water partition coefficient (Wildman–Crippen LogP) is 5.58. The number of hydrogen-bond donors (Lipinski definition) is 1. The van der Waals surface area contributed by atoms with E-state index in [2.05, 4.69) is 27.5 Å². The maximum Gasteiger partial charge on any atom is 0.246 e. The summed E-state index contributed by atoms with van der Waals surface area (Å²) in [7, 11) is 0. The highest BCUT2D eigenvalue weighted by Crippen LogP contribution is 2.38. The largest absolute Gasteiger partial charge is 0.457 e. The van der Waals surface area contributed by atoms with Crippen LogP contribution in [0.25, 0.3) is 22.2 Å². The number of piperidine rings is 1. The summed E-state index contributed by atoms with van der Waals surface area (Å²) in [6.07, 6.45) is 4.87. The first-order valence-corrected chi connectivity index (χ1v) is 11.9. The summed E-state index contributed by atoms with van der Waals surface area (Å²) in [6.45, 7) is 4.92. The van der Waals surface area contributed by atoms with Crippen molar-refractivity contribution in [2.75, 3.05) is 18.8 Å². The average molecular weight is 518 g/mol. The fourth-order valence-corrected chi connectivity index (χ4v) is 4.90. The molecule has 7 nitrogen and oxygen atoms in total. The van der Waals surface area contributed by atoms with Crippen LogP contribution in [-0.4, -0.2) is 38.7 Å². The molecule has 1 aliphatic rings. The van der Waals surface area contributed by atoms with E-state index >= 15 is 0 Å². The minimum absolute atomic E-state index is 0.0210. The first-order valence-electron chi connectivity index (χ1n) is 11.1. The summed E-state index contributed by atoms with van der Waals surface area (Å²) >= 11 is 3.65. The average Bonchev–Trinajstić information content (AvgIpc) is 3.29. The molecule has 1 unspecified atom stereocenters. The van der Waals surface area contributed by atoms with Crippen LogP contribution in [-0.2, 0) is 4.79 Å². The van der Waals surface area contributed by atoms with Crippen LogP contribution in [0, 0.1) is 0 Å². The highest BCUT2D eigenvalue weighted by atomic mass is 79.9. The third kappa shape index (κ3) is 4.17. The van der Waals surface area contributed by atoms with E-state index < -0.39 is 0 Å². The molecule has 2 aromatic heterocycles. The first kappa shape index (κ1) is 22.2. The summed E-state index contributed by atoms with van der Waals surface area (Å²) in [4.78, 5) is 18.4. The highest BCUT2D eigenvalue weighted by Gasteiger charge is 2.28. The van der Waals surface area contributed by atoms with Gasteiger partial charge in [0.05, 0.1) is 21.4 Å². The molecule has 1 aliphatic heterocycles. The molecule has 0 aliphatic carbocycles. The fraction of sp³-hybridized carbons (Fsp3) is 0.192. The molecule has 4 aromatic rings. The van der Waals surface area contributed by atoms with Gasteiger partial charge in [-0.25, -0.2) is 4.98 Å². The Labute approximate surface area is 206 Å². The summed E-state index contributed by atoms with van der Waals surface area (Å²) < 4.78 is 8.73. The number of rotatable bonds is 5. The lowest BCUT2D eigenvalue weighted by Crippen LogP contribution is -2.40. The number of hydrogen-bond acceptors (Lipinski definition) is 5. The van der Waals surface area contributed by atoms with Crippen LogP contribution in [0.1, 0.15) is 18.9 Å². The molecular formula is C26H24BrN5O2. The minimum Gasteiger partial charge on any atom is -0.457 e. The Bertz CT molecular complexity index is 1350. The van der Waals surface area contributed by atoms with E-state index in [1.807, 2.05) is 64.2 Å². The molecule has 1 fully saturated rings. The monoisotopic (exact) mass is 517 g/mol. The number of para-hydroxylation sites is 1. The molecule has 1 amide bonds. The van der Waals surface area contributed by atoms with Gasteiger partial charge in [-0.15, -0.1) is 0 Å². The van der Waals surface area contributed by atoms with Crippen LogP contribution in [0.3, 0.4) is 0 Å². The van der Waals surface area contributed by atoms with E-state index in [1.54, 1.807) is 6.20 Å². The Morgan fingerprint density at radius 3 is 2.62 bits per heavy atom.